The van der Waals surface area contributed by atoms with E-state index in [-0.39, 0.29) is 0 Å². The largest absolute Gasteiger partial charge is 0.492 e. The molecule has 0 aliphatic carbocycles. The van der Waals surface area contributed by atoms with Crippen molar-refractivity contribution in [1.82, 2.24) is 9.88 Å². The fraction of sp³-hybridized carbons (Fsp3) is 0.421. The average Bonchev–Trinajstić information content (AvgIpc) is 3.08. The van der Waals surface area contributed by atoms with Crippen LogP contribution >= 0.6 is 11.8 Å². The molecule has 1 saturated heterocycles. The summed E-state index contributed by atoms with van der Waals surface area (Å²) in [4.78, 5) is 6.80. The molecule has 24 heavy (non-hydrogen) atoms. The summed E-state index contributed by atoms with van der Waals surface area (Å²) in [6.45, 7) is 2.59. The molecule has 126 valence electrons. The van der Waals surface area contributed by atoms with Gasteiger partial charge >= 0.3 is 0 Å². The molecule has 4 nitrogen and oxygen atoms in total. The molecule has 1 N–H and O–H groups in total. The minimum atomic E-state index is -0.699. The van der Waals surface area contributed by atoms with Gasteiger partial charge in [-0.2, -0.15) is 11.8 Å². The number of thioether (sulfide) groups is 1. The lowest BCUT2D eigenvalue weighted by atomic mass is 10.0. The van der Waals surface area contributed by atoms with E-state index in [1.54, 1.807) is 6.20 Å². The molecule has 0 saturated carbocycles. The number of hydrogen-bond donors (Lipinski definition) is 1. The number of aromatic nitrogens is 1. The molecular weight excluding hydrogens is 320 g/mol. The van der Waals surface area contributed by atoms with Crippen molar-refractivity contribution in [2.75, 3.05) is 24.7 Å². The van der Waals surface area contributed by atoms with Crippen LogP contribution in [0, 0.1) is 0 Å². The van der Waals surface area contributed by atoms with E-state index in [0.29, 0.717) is 11.7 Å². The summed E-state index contributed by atoms with van der Waals surface area (Å²) < 4.78 is 5.93. The van der Waals surface area contributed by atoms with Crippen molar-refractivity contribution in [2.24, 2.45) is 0 Å². The van der Waals surface area contributed by atoms with Crippen LogP contribution in [-0.2, 0) is 6.54 Å². The third-order valence-electron chi connectivity index (χ3n) is 4.80. The van der Waals surface area contributed by atoms with Gasteiger partial charge in [-0.1, -0.05) is 12.1 Å². The van der Waals surface area contributed by atoms with E-state index in [2.05, 4.69) is 16.0 Å². The van der Waals surface area contributed by atoms with Crippen LogP contribution < -0.4 is 4.74 Å². The Morgan fingerprint density at radius 2 is 2.25 bits per heavy atom. The first-order valence-corrected chi connectivity index (χ1v) is 9.63. The standard InChI is InChI=1S/C19H22N2O2S/c22-19(17-3-1-2-7-20-17)14-4-5-18-15(11-14)12-21(8-9-23-18)16-6-10-24-13-16/h1-5,7,11,16,19,22H,6,8-10,12-13H2. The fourth-order valence-corrected chi connectivity index (χ4v) is 4.69. The number of rotatable bonds is 3. The normalized spacial score (nSPS) is 22.5. The lowest BCUT2D eigenvalue weighted by molar-refractivity contribution is 0.182. The Labute approximate surface area is 146 Å². The molecular formula is C19H22N2O2S. The number of hydrogen-bond acceptors (Lipinski definition) is 5. The molecule has 1 aromatic heterocycles. The zero-order valence-electron chi connectivity index (χ0n) is 13.6. The molecule has 2 atom stereocenters. The van der Waals surface area contributed by atoms with Gasteiger partial charge in [0.05, 0.1) is 5.69 Å². The van der Waals surface area contributed by atoms with Gasteiger partial charge in [0.1, 0.15) is 18.5 Å². The number of nitrogens with zero attached hydrogens (tertiary/aromatic N) is 2. The first-order chi connectivity index (χ1) is 11.8. The van der Waals surface area contributed by atoms with Crippen LogP contribution in [0.25, 0.3) is 0 Å². The predicted molar refractivity (Wildman–Crippen MR) is 96.4 cm³/mol. The van der Waals surface area contributed by atoms with Crippen LogP contribution in [0.5, 0.6) is 5.75 Å². The van der Waals surface area contributed by atoms with Crippen molar-refractivity contribution in [3.63, 3.8) is 0 Å². The molecule has 1 aromatic carbocycles. The number of benzene rings is 1. The number of aliphatic hydroxyl groups is 1. The van der Waals surface area contributed by atoms with Gasteiger partial charge in [-0.15, -0.1) is 0 Å². The molecule has 5 heteroatoms. The van der Waals surface area contributed by atoms with Crippen molar-refractivity contribution >= 4 is 11.8 Å². The molecule has 3 heterocycles. The number of pyridine rings is 1. The zero-order valence-corrected chi connectivity index (χ0v) is 14.4. The van der Waals surface area contributed by atoms with E-state index in [0.717, 1.165) is 36.6 Å². The zero-order chi connectivity index (χ0) is 16.4. The maximum absolute atomic E-state index is 10.6. The van der Waals surface area contributed by atoms with Crippen molar-refractivity contribution in [3.8, 4) is 5.75 Å². The van der Waals surface area contributed by atoms with E-state index in [4.69, 9.17) is 4.74 Å². The van der Waals surface area contributed by atoms with Crippen molar-refractivity contribution in [2.45, 2.75) is 25.1 Å². The van der Waals surface area contributed by atoms with Gasteiger partial charge in [0.25, 0.3) is 0 Å². The predicted octanol–water partition coefficient (Wildman–Crippen LogP) is 2.86. The van der Waals surface area contributed by atoms with E-state index < -0.39 is 6.10 Å². The number of fused-ring (bicyclic) bond motifs is 1. The second kappa shape index (κ2) is 7.13. The molecule has 0 spiro atoms. The van der Waals surface area contributed by atoms with Crippen molar-refractivity contribution in [1.29, 1.82) is 0 Å². The van der Waals surface area contributed by atoms with Gasteiger partial charge in [0, 0.05) is 36.6 Å². The Morgan fingerprint density at radius 3 is 3.04 bits per heavy atom. The van der Waals surface area contributed by atoms with Gasteiger partial charge in [-0.05, 0) is 42.0 Å². The molecule has 0 radical (unpaired) electrons. The molecule has 2 aliphatic heterocycles. The maximum Gasteiger partial charge on any atom is 0.123 e. The number of aliphatic hydroxyl groups excluding tert-OH is 1. The SMILES string of the molecule is OC(c1ccc2c(c1)CN(C1CCSC1)CCO2)c1ccccn1. The van der Waals surface area contributed by atoms with Crippen LogP contribution in [0.1, 0.15) is 29.3 Å². The summed E-state index contributed by atoms with van der Waals surface area (Å²) in [5.41, 5.74) is 2.71. The molecule has 1 fully saturated rings. The van der Waals surface area contributed by atoms with Crippen LogP contribution in [0.2, 0.25) is 0 Å². The van der Waals surface area contributed by atoms with Gasteiger partial charge in [0.2, 0.25) is 0 Å². The van der Waals surface area contributed by atoms with E-state index >= 15 is 0 Å². The Morgan fingerprint density at radius 1 is 1.29 bits per heavy atom. The van der Waals surface area contributed by atoms with E-state index in [1.807, 2.05) is 42.1 Å². The minimum Gasteiger partial charge on any atom is -0.492 e. The Kier molecular flexibility index (Phi) is 4.74. The highest BCUT2D eigenvalue weighted by molar-refractivity contribution is 7.99. The molecule has 2 aromatic rings. The summed E-state index contributed by atoms with van der Waals surface area (Å²) >= 11 is 2.04. The van der Waals surface area contributed by atoms with Gasteiger partial charge in [0.15, 0.2) is 0 Å². The lowest BCUT2D eigenvalue weighted by Gasteiger charge is -2.26. The number of ether oxygens (including phenoxy) is 1. The Balaban J connectivity index is 1.59. The maximum atomic E-state index is 10.6. The van der Waals surface area contributed by atoms with E-state index in [9.17, 15) is 5.11 Å². The van der Waals surface area contributed by atoms with Crippen molar-refractivity contribution < 1.29 is 9.84 Å². The van der Waals surface area contributed by atoms with Crippen molar-refractivity contribution in [3.05, 3.63) is 59.4 Å². The Hall–Kier alpha value is -1.56. The molecule has 2 aliphatic rings. The summed E-state index contributed by atoms with van der Waals surface area (Å²) in [5.74, 6) is 3.42. The van der Waals surface area contributed by atoms with Crippen LogP contribution in [0.15, 0.2) is 42.6 Å². The Bertz CT molecular complexity index is 689. The molecule has 0 amide bonds. The second-order valence-electron chi connectivity index (χ2n) is 6.36. The third kappa shape index (κ3) is 3.29. The summed E-state index contributed by atoms with van der Waals surface area (Å²) in [7, 11) is 0. The van der Waals surface area contributed by atoms with Gasteiger partial charge in [-0.25, -0.2) is 0 Å². The van der Waals surface area contributed by atoms with Crippen LogP contribution in [-0.4, -0.2) is 45.7 Å². The summed E-state index contributed by atoms with van der Waals surface area (Å²) in [6, 6.07) is 12.3. The first-order valence-electron chi connectivity index (χ1n) is 8.47. The summed E-state index contributed by atoms with van der Waals surface area (Å²) in [6.07, 6.45) is 2.27. The molecule has 0 bridgehead atoms. The van der Waals surface area contributed by atoms with Gasteiger partial charge in [-0.3, -0.25) is 9.88 Å². The molecule has 4 rings (SSSR count). The smallest absolute Gasteiger partial charge is 0.123 e. The highest BCUT2D eigenvalue weighted by Crippen LogP contribution is 2.31. The highest BCUT2D eigenvalue weighted by atomic mass is 32.2. The van der Waals surface area contributed by atoms with Crippen LogP contribution in [0.3, 0.4) is 0 Å². The average molecular weight is 342 g/mol. The lowest BCUT2D eigenvalue weighted by Crippen LogP contribution is -2.36. The minimum absolute atomic E-state index is 0.647. The summed E-state index contributed by atoms with van der Waals surface area (Å²) in [5, 5.41) is 10.6. The van der Waals surface area contributed by atoms with Crippen LogP contribution in [0.4, 0.5) is 0 Å². The first kappa shape index (κ1) is 15.9. The highest BCUT2D eigenvalue weighted by Gasteiger charge is 2.26. The van der Waals surface area contributed by atoms with Gasteiger partial charge < -0.3 is 9.84 Å². The third-order valence-corrected chi connectivity index (χ3v) is 5.94. The fourth-order valence-electron chi connectivity index (χ4n) is 3.43. The molecule has 2 unspecified atom stereocenters. The monoisotopic (exact) mass is 342 g/mol. The second-order valence-corrected chi connectivity index (χ2v) is 7.51. The topological polar surface area (TPSA) is 45.6 Å². The van der Waals surface area contributed by atoms with E-state index in [1.165, 1.54) is 17.9 Å². The quantitative estimate of drug-likeness (QED) is 0.929.